The number of halogens is 1. The van der Waals surface area contributed by atoms with E-state index in [9.17, 15) is 4.79 Å². The first-order valence-corrected chi connectivity index (χ1v) is 10.5. The summed E-state index contributed by atoms with van der Waals surface area (Å²) < 4.78 is 2.93. The predicted molar refractivity (Wildman–Crippen MR) is 124 cm³/mol. The summed E-state index contributed by atoms with van der Waals surface area (Å²) in [6.07, 6.45) is 2.57. The van der Waals surface area contributed by atoms with Crippen LogP contribution in [0.15, 0.2) is 24.4 Å². The van der Waals surface area contributed by atoms with Crippen LogP contribution >= 0.6 is 23.7 Å². The van der Waals surface area contributed by atoms with Gasteiger partial charge in [0, 0.05) is 18.8 Å². The molecule has 2 heterocycles. The van der Waals surface area contributed by atoms with E-state index in [0.29, 0.717) is 12.2 Å². The van der Waals surface area contributed by atoms with Crippen LogP contribution in [0.5, 0.6) is 0 Å². The highest BCUT2D eigenvalue weighted by Crippen LogP contribution is 2.34. The van der Waals surface area contributed by atoms with Gasteiger partial charge in [-0.25, -0.2) is 4.98 Å². The van der Waals surface area contributed by atoms with Crippen LogP contribution < -0.4 is 4.90 Å². The maximum Gasteiger partial charge on any atom is 0.278 e. The first-order chi connectivity index (χ1) is 13.3. The van der Waals surface area contributed by atoms with Crippen LogP contribution in [-0.2, 0) is 0 Å². The third-order valence-electron chi connectivity index (χ3n) is 4.77. The Morgan fingerprint density at radius 1 is 1.14 bits per heavy atom. The summed E-state index contributed by atoms with van der Waals surface area (Å²) >= 11 is 1.60. The Morgan fingerprint density at radius 3 is 2.45 bits per heavy atom. The third kappa shape index (κ3) is 4.97. The van der Waals surface area contributed by atoms with Crippen molar-refractivity contribution < 1.29 is 4.79 Å². The number of hydrogen-bond acceptors (Lipinski definition) is 5. The van der Waals surface area contributed by atoms with Crippen LogP contribution in [0, 0.1) is 13.8 Å². The van der Waals surface area contributed by atoms with Crippen LogP contribution in [-0.4, -0.2) is 52.8 Å². The number of anilines is 1. The maximum absolute atomic E-state index is 13.5. The van der Waals surface area contributed by atoms with Crippen molar-refractivity contribution in [3.8, 4) is 0 Å². The van der Waals surface area contributed by atoms with Crippen molar-refractivity contribution >= 4 is 45.0 Å². The topological polar surface area (TPSA) is 54.3 Å². The summed E-state index contributed by atoms with van der Waals surface area (Å²) in [5.74, 6) is -0.0423. The second kappa shape index (κ2) is 9.69. The Morgan fingerprint density at radius 2 is 1.83 bits per heavy atom. The molecule has 1 amide bonds. The highest BCUT2D eigenvalue weighted by Gasteiger charge is 2.25. The molecule has 0 fully saturated rings. The van der Waals surface area contributed by atoms with Crippen molar-refractivity contribution in [3.05, 3.63) is 41.2 Å². The smallest absolute Gasteiger partial charge is 0.278 e. The first kappa shape index (κ1) is 23.3. The van der Waals surface area contributed by atoms with Gasteiger partial charge in [0.2, 0.25) is 0 Å². The lowest BCUT2D eigenvalue weighted by molar-refractivity contribution is 0.0974. The number of fused-ring (bicyclic) bond motifs is 1. The number of carbonyl (C=O) groups excluding carboxylic acids is 1. The molecular formula is C21H30ClN5OS. The molecule has 3 aromatic rings. The largest absolute Gasteiger partial charge is 0.309 e. The fourth-order valence-corrected chi connectivity index (χ4v) is 4.36. The van der Waals surface area contributed by atoms with E-state index in [4.69, 9.17) is 4.98 Å². The Kier molecular flexibility index (Phi) is 7.80. The van der Waals surface area contributed by atoms with E-state index in [1.807, 2.05) is 32.8 Å². The van der Waals surface area contributed by atoms with E-state index in [1.54, 1.807) is 28.3 Å². The molecule has 0 atom stereocenters. The number of nitrogens with zero attached hydrogens (tertiary/aromatic N) is 5. The monoisotopic (exact) mass is 435 g/mol. The fourth-order valence-electron chi connectivity index (χ4n) is 3.23. The minimum atomic E-state index is -0.0423. The van der Waals surface area contributed by atoms with Gasteiger partial charge in [-0.15, -0.1) is 12.4 Å². The highest BCUT2D eigenvalue weighted by atomic mass is 35.5. The first-order valence-electron chi connectivity index (χ1n) is 9.66. The number of benzene rings is 1. The van der Waals surface area contributed by atoms with Gasteiger partial charge in [0.1, 0.15) is 5.69 Å². The lowest BCUT2D eigenvalue weighted by Gasteiger charge is -2.22. The molecule has 0 aliphatic heterocycles. The third-order valence-corrected chi connectivity index (χ3v) is 5.99. The van der Waals surface area contributed by atoms with Crippen LogP contribution in [0.3, 0.4) is 0 Å². The summed E-state index contributed by atoms with van der Waals surface area (Å²) in [4.78, 5) is 22.3. The van der Waals surface area contributed by atoms with Gasteiger partial charge in [-0.3, -0.25) is 14.4 Å². The molecule has 0 aliphatic rings. The zero-order chi connectivity index (χ0) is 20.4. The second-order valence-corrected chi connectivity index (χ2v) is 8.72. The van der Waals surface area contributed by atoms with E-state index in [1.165, 1.54) is 5.56 Å². The molecule has 0 radical (unpaired) electrons. The van der Waals surface area contributed by atoms with Crippen molar-refractivity contribution in [2.75, 3.05) is 32.1 Å². The molecular weight excluding hydrogens is 406 g/mol. The van der Waals surface area contributed by atoms with Crippen LogP contribution in [0.2, 0.25) is 0 Å². The van der Waals surface area contributed by atoms with Gasteiger partial charge >= 0.3 is 0 Å². The normalized spacial score (nSPS) is 11.3. The van der Waals surface area contributed by atoms with E-state index in [-0.39, 0.29) is 24.4 Å². The van der Waals surface area contributed by atoms with Gasteiger partial charge in [-0.2, -0.15) is 5.10 Å². The van der Waals surface area contributed by atoms with Crippen molar-refractivity contribution in [3.63, 3.8) is 0 Å². The average Bonchev–Trinajstić information content (AvgIpc) is 3.29. The molecule has 6 nitrogen and oxygen atoms in total. The summed E-state index contributed by atoms with van der Waals surface area (Å²) in [6, 6.07) is 6.13. The summed E-state index contributed by atoms with van der Waals surface area (Å²) in [7, 11) is 4.09. The van der Waals surface area contributed by atoms with Crippen LogP contribution in [0.1, 0.15) is 47.9 Å². The summed E-state index contributed by atoms with van der Waals surface area (Å²) in [5.41, 5.74) is 3.92. The summed E-state index contributed by atoms with van der Waals surface area (Å²) in [5, 5.41) is 5.09. The lowest BCUT2D eigenvalue weighted by atomic mass is 10.1. The molecule has 3 rings (SSSR count). The molecule has 0 aliphatic carbocycles. The molecule has 0 saturated carbocycles. The van der Waals surface area contributed by atoms with E-state index < -0.39 is 0 Å². The zero-order valence-corrected chi connectivity index (χ0v) is 19.6. The number of amides is 1. The van der Waals surface area contributed by atoms with Gasteiger partial charge in [-0.1, -0.05) is 23.5 Å². The quantitative estimate of drug-likeness (QED) is 0.539. The van der Waals surface area contributed by atoms with E-state index >= 15 is 0 Å². The molecule has 0 unspecified atom stereocenters. The molecule has 0 saturated heterocycles. The van der Waals surface area contributed by atoms with Gasteiger partial charge in [-0.05, 0) is 71.9 Å². The van der Waals surface area contributed by atoms with Gasteiger partial charge < -0.3 is 4.90 Å². The zero-order valence-electron chi connectivity index (χ0n) is 18.0. The van der Waals surface area contributed by atoms with Gasteiger partial charge in [0.25, 0.3) is 5.91 Å². The Bertz CT molecular complexity index is 940. The second-order valence-electron chi connectivity index (χ2n) is 7.74. The van der Waals surface area contributed by atoms with E-state index in [2.05, 4.69) is 36.0 Å². The van der Waals surface area contributed by atoms with Gasteiger partial charge in [0.05, 0.1) is 10.2 Å². The lowest BCUT2D eigenvalue weighted by Crippen LogP contribution is -2.35. The Hall–Kier alpha value is -1.96. The number of hydrogen-bond donors (Lipinski definition) is 0. The highest BCUT2D eigenvalue weighted by molar-refractivity contribution is 7.22. The van der Waals surface area contributed by atoms with Crippen LogP contribution in [0.25, 0.3) is 10.2 Å². The van der Waals surface area contributed by atoms with Crippen molar-refractivity contribution in [1.82, 2.24) is 19.7 Å². The minimum absolute atomic E-state index is 0. The standard InChI is InChI=1S/C21H29N5OS.ClH/c1-14(2)26-17(10-11-22-26)20(27)25(13-7-12-24(5)6)21-23-18-15(3)8-9-16(4)19(18)28-21;/h8-11,14H,7,12-13H2,1-6H3;1H. The molecule has 29 heavy (non-hydrogen) atoms. The minimum Gasteiger partial charge on any atom is -0.309 e. The fraction of sp³-hybridized carbons (Fsp3) is 0.476. The van der Waals surface area contributed by atoms with Crippen molar-refractivity contribution in [2.45, 2.75) is 40.2 Å². The number of aromatic nitrogens is 3. The number of thiazole rings is 1. The molecule has 0 bridgehead atoms. The van der Waals surface area contributed by atoms with E-state index in [0.717, 1.165) is 33.9 Å². The SMILES string of the molecule is Cc1ccc(C)c2sc(N(CCCN(C)C)C(=O)c3ccnn3C(C)C)nc12.Cl. The molecule has 8 heteroatoms. The number of aryl methyl sites for hydroxylation is 2. The van der Waals surface area contributed by atoms with Gasteiger partial charge in [0.15, 0.2) is 5.13 Å². The Labute approximate surface area is 182 Å². The van der Waals surface area contributed by atoms with Crippen LogP contribution in [0.4, 0.5) is 5.13 Å². The average molecular weight is 436 g/mol. The molecule has 1 aromatic carbocycles. The molecule has 2 aromatic heterocycles. The maximum atomic E-state index is 13.5. The van der Waals surface area contributed by atoms with Crippen molar-refractivity contribution in [2.24, 2.45) is 0 Å². The molecule has 158 valence electrons. The van der Waals surface area contributed by atoms with Crippen molar-refractivity contribution in [1.29, 1.82) is 0 Å². The summed E-state index contributed by atoms with van der Waals surface area (Å²) in [6.45, 7) is 9.76. The predicted octanol–water partition coefficient (Wildman–Crippen LogP) is 4.71. The Balaban J connectivity index is 0.00000300. The number of carbonyl (C=O) groups is 1. The molecule has 0 N–H and O–H groups in total. The molecule has 0 spiro atoms. The number of rotatable bonds is 7.